The summed E-state index contributed by atoms with van der Waals surface area (Å²) in [5.41, 5.74) is -0.0345. The van der Waals surface area contributed by atoms with Crippen LogP contribution in [-0.2, 0) is 5.41 Å². The van der Waals surface area contributed by atoms with Crippen LogP contribution in [0.25, 0.3) is 0 Å². The highest BCUT2D eigenvalue weighted by Crippen LogP contribution is 2.35. The van der Waals surface area contributed by atoms with Crippen LogP contribution in [0.15, 0.2) is 4.42 Å². The Morgan fingerprint density at radius 1 is 1.06 bits per heavy atom. The molecule has 0 saturated heterocycles. The van der Waals surface area contributed by atoms with Crippen LogP contribution in [0.2, 0.25) is 0 Å². The van der Waals surface area contributed by atoms with Crippen molar-refractivity contribution >= 4 is 0 Å². The first-order valence-electron chi connectivity index (χ1n) is 6.30. The van der Waals surface area contributed by atoms with Gasteiger partial charge in [-0.3, -0.25) is 0 Å². The molecule has 0 aromatic carbocycles. The molecule has 0 amide bonds. The third-order valence-corrected chi connectivity index (χ3v) is 3.45. The first kappa shape index (κ1) is 11.6. The van der Waals surface area contributed by atoms with Crippen molar-refractivity contribution in [1.82, 2.24) is 10.2 Å². The Morgan fingerprint density at radius 3 is 2.19 bits per heavy atom. The zero-order valence-electron chi connectivity index (χ0n) is 10.8. The Balaban J connectivity index is 2.08. The second kappa shape index (κ2) is 4.19. The van der Waals surface area contributed by atoms with Crippen molar-refractivity contribution in [2.75, 3.05) is 0 Å². The molecule has 0 bridgehead atoms. The van der Waals surface area contributed by atoms with Gasteiger partial charge in [-0.2, -0.15) is 0 Å². The van der Waals surface area contributed by atoms with Crippen molar-refractivity contribution in [3.63, 3.8) is 0 Å². The lowest BCUT2D eigenvalue weighted by Crippen LogP contribution is -2.12. The van der Waals surface area contributed by atoms with Gasteiger partial charge in [-0.05, 0) is 31.6 Å². The Bertz CT molecular complexity index is 343. The predicted octanol–water partition coefficient (Wildman–Crippen LogP) is 3.66. The summed E-state index contributed by atoms with van der Waals surface area (Å²) in [6, 6.07) is 0. The Morgan fingerprint density at radius 2 is 1.69 bits per heavy atom. The van der Waals surface area contributed by atoms with Crippen LogP contribution in [0.1, 0.15) is 71.1 Å². The predicted molar refractivity (Wildman–Crippen MR) is 63.4 cm³/mol. The summed E-state index contributed by atoms with van der Waals surface area (Å²) in [5, 5.41) is 8.38. The highest BCUT2D eigenvalue weighted by Gasteiger charge is 2.27. The van der Waals surface area contributed by atoms with Crippen molar-refractivity contribution in [3.8, 4) is 0 Å². The average Bonchev–Trinajstić information content (AvgIpc) is 2.67. The van der Waals surface area contributed by atoms with Crippen LogP contribution in [0.4, 0.5) is 0 Å². The second-order valence-corrected chi connectivity index (χ2v) is 6.15. The highest BCUT2D eigenvalue weighted by atomic mass is 16.4. The van der Waals surface area contributed by atoms with Gasteiger partial charge in [0.1, 0.15) is 0 Å². The lowest BCUT2D eigenvalue weighted by atomic mass is 9.83. The van der Waals surface area contributed by atoms with Crippen LogP contribution in [0.3, 0.4) is 0 Å². The normalized spacial score (nSPS) is 27.0. The summed E-state index contributed by atoms with van der Waals surface area (Å²) in [5.74, 6) is 2.99. The summed E-state index contributed by atoms with van der Waals surface area (Å²) >= 11 is 0. The van der Waals surface area contributed by atoms with E-state index in [0.717, 1.165) is 17.7 Å². The van der Waals surface area contributed by atoms with Crippen LogP contribution >= 0.6 is 0 Å². The van der Waals surface area contributed by atoms with Crippen molar-refractivity contribution < 1.29 is 4.42 Å². The number of hydrogen-bond acceptors (Lipinski definition) is 3. The molecule has 0 N–H and O–H groups in total. The Hall–Kier alpha value is -0.860. The molecule has 1 fully saturated rings. The SMILES string of the molecule is CC(C)(C)c1nnc([C@H]2CC[C@H](C)CC2)o1. The standard InChI is InChI=1S/C13H22N2O/c1-9-5-7-10(8-6-9)11-14-15-12(16-11)13(2,3)4/h9-10H,5-8H2,1-4H3/t9-,10-. The van der Waals surface area contributed by atoms with E-state index in [0.29, 0.717) is 5.92 Å². The van der Waals surface area contributed by atoms with Crippen molar-refractivity contribution in [1.29, 1.82) is 0 Å². The molecule has 1 aliphatic rings. The smallest absolute Gasteiger partial charge is 0.221 e. The maximum Gasteiger partial charge on any atom is 0.221 e. The molecule has 1 aromatic heterocycles. The molecule has 0 aliphatic heterocycles. The van der Waals surface area contributed by atoms with Crippen LogP contribution in [-0.4, -0.2) is 10.2 Å². The van der Waals surface area contributed by atoms with Crippen molar-refractivity contribution in [2.45, 2.75) is 64.7 Å². The van der Waals surface area contributed by atoms with E-state index >= 15 is 0 Å². The fraction of sp³-hybridized carbons (Fsp3) is 0.846. The van der Waals surface area contributed by atoms with Crippen LogP contribution < -0.4 is 0 Å². The van der Waals surface area contributed by atoms with Gasteiger partial charge in [0.25, 0.3) is 0 Å². The van der Waals surface area contributed by atoms with Gasteiger partial charge in [0.15, 0.2) is 0 Å². The zero-order chi connectivity index (χ0) is 11.8. The first-order chi connectivity index (χ1) is 7.47. The van der Waals surface area contributed by atoms with Crippen LogP contribution in [0.5, 0.6) is 0 Å². The molecule has 1 aliphatic carbocycles. The molecule has 0 unspecified atom stereocenters. The summed E-state index contributed by atoms with van der Waals surface area (Å²) in [6.07, 6.45) is 4.98. The molecule has 3 nitrogen and oxygen atoms in total. The highest BCUT2D eigenvalue weighted by molar-refractivity contribution is 5.00. The number of nitrogens with zero attached hydrogens (tertiary/aromatic N) is 2. The summed E-state index contributed by atoms with van der Waals surface area (Å²) < 4.78 is 5.80. The van der Waals surface area contributed by atoms with Gasteiger partial charge in [-0.25, -0.2) is 0 Å². The third kappa shape index (κ3) is 2.45. The Labute approximate surface area is 97.6 Å². The number of aromatic nitrogens is 2. The van der Waals surface area contributed by atoms with E-state index < -0.39 is 0 Å². The maximum absolute atomic E-state index is 5.80. The molecule has 1 saturated carbocycles. The van der Waals surface area contributed by atoms with E-state index in [1.807, 2.05) is 0 Å². The molecule has 90 valence electrons. The van der Waals surface area contributed by atoms with Gasteiger partial charge in [0.2, 0.25) is 11.8 Å². The zero-order valence-corrected chi connectivity index (χ0v) is 10.8. The minimum Gasteiger partial charge on any atom is -0.424 e. The first-order valence-corrected chi connectivity index (χ1v) is 6.30. The average molecular weight is 222 g/mol. The van der Waals surface area contributed by atoms with E-state index in [2.05, 4.69) is 37.9 Å². The summed E-state index contributed by atoms with van der Waals surface area (Å²) in [7, 11) is 0. The third-order valence-electron chi connectivity index (χ3n) is 3.45. The van der Waals surface area contributed by atoms with E-state index in [9.17, 15) is 0 Å². The van der Waals surface area contributed by atoms with Gasteiger partial charge in [0.05, 0.1) is 0 Å². The molecule has 1 heterocycles. The quantitative estimate of drug-likeness (QED) is 0.728. The lowest BCUT2D eigenvalue weighted by molar-refractivity contribution is 0.290. The van der Waals surface area contributed by atoms with E-state index in [1.54, 1.807) is 0 Å². The molecule has 0 radical (unpaired) electrons. The fourth-order valence-corrected chi connectivity index (χ4v) is 2.21. The molecule has 0 atom stereocenters. The molecule has 16 heavy (non-hydrogen) atoms. The largest absolute Gasteiger partial charge is 0.424 e. The summed E-state index contributed by atoms with van der Waals surface area (Å²) in [6.45, 7) is 8.64. The minimum absolute atomic E-state index is 0.0345. The van der Waals surface area contributed by atoms with Crippen molar-refractivity contribution in [3.05, 3.63) is 11.8 Å². The van der Waals surface area contributed by atoms with E-state index in [1.165, 1.54) is 25.7 Å². The number of hydrogen-bond donors (Lipinski definition) is 0. The maximum atomic E-state index is 5.80. The van der Waals surface area contributed by atoms with Gasteiger partial charge < -0.3 is 4.42 Å². The van der Waals surface area contributed by atoms with Gasteiger partial charge in [0, 0.05) is 11.3 Å². The molecule has 0 spiro atoms. The van der Waals surface area contributed by atoms with Gasteiger partial charge in [-0.1, -0.05) is 27.7 Å². The lowest BCUT2D eigenvalue weighted by Gasteiger charge is -2.23. The number of rotatable bonds is 1. The second-order valence-electron chi connectivity index (χ2n) is 6.15. The molecule has 1 aromatic rings. The fourth-order valence-electron chi connectivity index (χ4n) is 2.21. The van der Waals surface area contributed by atoms with Gasteiger partial charge >= 0.3 is 0 Å². The Kier molecular flexibility index (Phi) is 3.04. The summed E-state index contributed by atoms with van der Waals surface area (Å²) in [4.78, 5) is 0. The van der Waals surface area contributed by atoms with Crippen molar-refractivity contribution in [2.24, 2.45) is 5.92 Å². The molecular formula is C13H22N2O. The molecular weight excluding hydrogens is 200 g/mol. The monoisotopic (exact) mass is 222 g/mol. The molecule has 3 heteroatoms. The van der Waals surface area contributed by atoms with E-state index in [4.69, 9.17) is 4.42 Å². The van der Waals surface area contributed by atoms with Crippen LogP contribution in [0, 0.1) is 5.92 Å². The van der Waals surface area contributed by atoms with E-state index in [-0.39, 0.29) is 5.41 Å². The minimum atomic E-state index is -0.0345. The van der Waals surface area contributed by atoms with Gasteiger partial charge in [-0.15, -0.1) is 10.2 Å². The topological polar surface area (TPSA) is 38.9 Å². The molecule has 2 rings (SSSR count).